The molecule has 0 aliphatic heterocycles. The van der Waals surface area contributed by atoms with Crippen molar-refractivity contribution in [1.29, 1.82) is 0 Å². The summed E-state index contributed by atoms with van der Waals surface area (Å²) in [6.45, 7) is 6.96. The molecule has 0 saturated carbocycles. The van der Waals surface area contributed by atoms with E-state index in [-0.39, 0.29) is 12.1 Å². The lowest BCUT2D eigenvalue weighted by atomic mass is 10.2. The van der Waals surface area contributed by atoms with Gasteiger partial charge in [0.15, 0.2) is 0 Å². The van der Waals surface area contributed by atoms with Gasteiger partial charge in [0.1, 0.15) is 0 Å². The minimum atomic E-state index is -0.191. The Morgan fingerprint density at radius 3 is 2.71 bits per heavy atom. The first-order chi connectivity index (χ1) is 8.13. The second kappa shape index (κ2) is 6.91. The maximum absolute atomic E-state index is 11.6. The van der Waals surface area contributed by atoms with Gasteiger partial charge in [-0.25, -0.2) is 4.79 Å². The lowest BCUT2D eigenvalue weighted by molar-refractivity contribution is 0.134. The number of ether oxygens (including phenoxy) is 1. The summed E-state index contributed by atoms with van der Waals surface area (Å²) in [6.07, 6.45) is 0. The maximum atomic E-state index is 11.6. The molecule has 1 rings (SSSR count). The molecule has 0 unspecified atom stereocenters. The van der Waals surface area contributed by atoms with E-state index < -0.39 is 0 Å². The monoisotopic (exact) mass is 236 g/mol. The highest BCUT2D eigenvalue weighted by molar-refractivity contribution is 5.90. The van der Waals surface area contributed by atoms with E-state index in [1.54, 1.807) is 0 Å². The van der Waals surface area contributed by atoms with E-state index in [0.29, 0.717) is 13.2 Å². The summed E-state index contributed by atoms with van der Waals surface area (Å²) >= 11 is 0. The molecule has 4 nitrogen and oxygen atoms in total. The molecule has 0 saturated heterocycles. The number of carbonyl (C=O) groups excluding carboxylic acids is 1. The molecule has 0 atom stereocenters. The summed E-state index contributed by atoms with van der Waals surface area (Å²) in [6, 6.07) is 7.56. The standard InChI is InChI=1S/C13H20N2O2/c1-4-17-9-11-7-5-6-8-12(11)15-13(16)14-10(2)3/h5-8,10H,4,9H2,1-3H3,(H2,14,15,16). The minimum absolute atomic E-state index is 0.119. The van der Waals surface area contributed by atoms with Crippen LogP contribution < -0.4 is 10.6 Å². The fourth-order valence-electron chi connectivity index (χ4n) is 1.40. The first kappa shape index (κ1) is 13.5. The molecule has 1 aromatic carbocycles. The van der Waals surface area contributed by atoms with Crippen molar-refractivity contribution in [2.75, 3.05) is 11.9 Å². The smallest absolute Gasteiger partial charge is 0.319 e. The Morgan fingerprint density at radius 1 is 1.35 bits per heavy atom. The predicted molar refractivity (Wildman–Crippen MR) is 69.1 cm³/mol. The quantitative estimate of drug-likeness (QED) is 0.826. The number of para-hydroxylation sites is 1. The predicted octanol–water partition coefficient (Wildman–Crippen LogP) is 2.75. The highest BCUT2D eigenvalue weighted by Crippen LogP contribution is 2.15. The van der Waals surface area contributed by atoms with Gasteiger partial charge in [0, 0.05) is 23.9 Å². The zero-order valence-corrected chi connectivity index (χ0v) is 10.6. The molecule has 0 aliphatic carbocycles. The molecular weight excluding hydrogens is 216 g/mol. The molecule has 0 heterocycles. The lowest BCUT2D eigenvalue weighted by Gasteiger charge is -2.13. The van der Waals surface area contributed by atoms with E-state index in [1.807, 2.05) is 45.0 Å². The number of benzene rings is 1. The molecule has 0 aromatic heterocycles. The number of anilines is 1. The van der Waals surface area contributed by atoms with Gasteiger partial charge in [0.2, 0.25) is 0 Å². The molecule has 2 amide bonds. The van der Waals surface area contributed by atoms with Gasteiger partial charge >= 0.3 is 6.03 Å². The van der Waals surface area contributed by atoms with Gasteiger partial charge in [0.25, 0.3) is 0 Å². The number of hydrogen-bond donors (Lipinski definition) is 2. The van der Waals surface area contributed by atoms with Gasteiger partial charge < -0.3 is 15.4 Å². The summed E-state index contributed by atoms with van der Waals surface area (Å²) < 4.78 is 5.35. The summed E-state index contributed by atoms with van der Waals surface area (Å²) in [5.74, 6) is 0. The van der Waals surface area contributed by atoms with Crippen molar-refractivity contribution in [2.45, 2.75) is 33.4 Å². The van der Waals surface area contributed by atoms with E-state index in [0.717, 1.165) is 11.3 Å². The van der Waals surface area contributed by atoms with Crippen molar-refractivity contribution in [3.05, 3.63) is 29.8 Å². The van der Waals surface area contributed by atoms with Crippen LogP contribution in [0.4, 0.5) is 10.5 Å². The molecule has 94 valence electrons. The molecule has 0 spiro atoms. The topological polar surface area (TPSA) is 50.4 Å². The molecular formula is C13H20N2O2. The van der Waals surface area contributed by atoms with Gasteiger partial charge in [-0.05, 0) is 26.8 Å². The third-order valence-corrected chi connectivity index (χ3v) is 2.15. The maximum Gasteiger partial charge on any atom is 0.319 e. The molecule has 0 radical (unpaired) electrons. The van der Waals surface area contributed by atoms with Crippen LogP contribution in [0.15, 0.2) is 24.3 Å². The fourth-order valence-corrected chi connectivity index (χ4v) is 1.40. The number of amides is 2. The molecule has 4 heteroatoms. The molecule has 0 aliphatic rings. The van der Waals surface area contributed by atoms with E-state index in [4.69, 9.17) is 4.74 Å². The summed E-state index contributed by atoms with van der Waals surface area (Å²) in [4.78, 5) is 11.6. The van der Waals surface area contributed by atoms with Gasteiger partial charge in [-0.2, -0.15) is 0 Å². The number of urea groups is 1. The zero-order chi connectivity index (χ0) is 12.7. The molecule has 2 N–H and O–H groups in total. The lowest BCUT2D eigenvalue weighted by Crippen LogP contribution is -2.34. The minimum Gasteiger partial charge on any atom is -0.377 e. The Hall–Kier alpha value is -1.55. The van der Waals surface area contributed by atoms with E-state index >= 15 is 0 Å². The Balaban J connectivity index is 2.65. The summed E-state index contributed by atoms with van der Waals surface area (Å²) in [5.41, 5.74) is 1.77. The van der Waals surface area contributed by atoms with Crippen molar-refractivity contribution in [3.63, 3.8) is 0 Å². The highest BCUT2D eigenvalue weighted by Gasteiger charge is 2.06. The summed E-state index contributed by atoms with van der Waals surface area (Å²) in [7, 11) is 0. The number of rotatable bonds is 5. The Bertz CT molecular complexity index is 364. The van der Waals surface area contributed by atoms with E-state index in [9.17, 15) is 4.79 Å². The fraction of sp³-hybridized carbons (Fsp3) is 0.462. The second-order valence-corrected chi connectivity index (χ2v) is 4.05. The van der Waals surface area contributed by atoms with Crippen LogP contribution in [0, 0.1) is 0 Å². The Labute approximate surface area is 102 Å². The van der Waals surface area contributed by atoms with Crippen LogP contribution in [0.25, 0.3) is 0 Å². The van der Waals surface area contributed by atoms with Crippen LogP contribution in [-0.2, 0) is 11.3 Å². The van der Waals surface area contributed by atoms with Crippen molar-refractivity contribution in [2.24, 2.45) is 0 Å². The largest absolute Gasteiger partial charge is 0.377 e. The average molecular weight is 236 g/mol. The molecule has 1 aromatic rings. The second-order valence-electron chi connectivity index (χ2n) is 4.05. The van der Waals surface area contributed by atoms with E-state index in [2.05, 4.69) is 10.6 Å². The molecule has 17 heavy (non-hydrogen) atoms. The third-order valence-electron chi connectivity index (χ3n) is 2.15. The van der Waals surface area contributed by atoms with Crippen LogP contribution in [0.2, 0.25) is 0 Å². The average Bonchev–Trinajstić information content (AvgIpc) is 2.26. The van der Waals surface area contributed by atoms with Gasteiger partial charge in [-0.3, -0.25) is 0 Å². The SMILES string of the molecule is CCOCc1ccccc1NC(=O)NC(C)C. The van der Waals surface area contributed by atoms with Gasteiger partial charge in [-0.15, -0.1) is 0 Å². The number of nitrogens with one attached hydrogen (secondary N) is 2. The highest BCUT2D eigenvalue weighted by atomic mass is 16.5. The number of carbonyl (C=O) groups is 1. The first-order valence-electron chi connectivity index (χ1n) is 5.86. The number of hydrogen-bond acceptors (Lipinski definition) is 2. The van der Waals surface area contributed by atoms with Crippen molar-refractivity contribution in [1.82, 2.24) is 5.32 Å². The van der Waals surface area contributed by atoms with Gasteiger partial charge in [-0.1, -0.05) is 18.2 Å². The third kappa shape index (κ3) is 4.87. The Kier molecular flexibility index (Phi) is 5.49. The van der Waals surface area contributed by atoms with Gasteiger partial charge in [0.05, 0.1) is 6.61 Å². The first-order valence-corrected chi connectivity index (χ1v) is 5.86. The van der Waals surface area contributed by atoms with Crippen molar-refractivity contribution < 1.29 is 9.53 Å². The van der Waals surface area contributed by atoms with Crippen LogP contribution in [-0.4, -0.2) is 18.7 Å². The zero-order valence-electron chi connectivity index (χ0n) is 10.6. The van der Waals surface area contributed by atoms with Crippen molar-refractivity contribution in [3.8, 4) is 0 Å². The molecule has 0 fully saturated rings. The van der Waals surface area contributed by atoms with Crippen LogP contribution in [0.3, 0.4) is 0 Å². The summed E-state index contributed by atoms with van der Waals surface area (Å²) in [5, 5.41) is 5.60. The van der Waals surface area contributed by atoms with E-state index in [1.165, 1.54) is 0 Å². The normalized spacial score (nSPS) is 10.4. The van der Waals surface area contributed by atoms with Crippen LogP contribution in [0.5, 0.6) is 0 Å². The van der Waals surface area contributed by atoms with Crippen molar-refractivity contribution >= 4 is 11.7 Å². The Morgan fingerprint density at radius 2 is 2.06 bits per heavy atom. The van der Waals surface area contributed by atoms with Crippen LogP contribution in [0.1, 0.15) is 26.3 Å². The molecule has 0 bridgehead atoms. The van der Waals surface area contributed by atoms with Crippen LogP contribution >= 0.6 is 0 Å².